The first kappa shape index (κ1) is 20.2. The van der Waals surface area contributed by atoms with E-state index in [1.54, 1.807) is 11.3 Å². The van der Waals surface area contributed by atoms with Crippen LogP contribution in [-0.4, -0.2) is 37.7 Å². The number of rotatable bonds is 6. The molecule has 1 aromatic heterocycles. The number of ether oxygens (including phenoxy) is 2. The summed E-state index contributed by atoms with van der Waals surface area (Å²) in [6.07, 6.45) is -3.75. The highest BCUT2D eigenvalue weighted by molar-refractivity contribution is 7.12. The molecule has 1 atom stereocenters. The second-order valence-corrected chi connectivity index (χ2v) is 8.20. The van der Waals surface area contributed by atoms with E-state index in [0.29, 0.717) is 5.75 Å². The summed E-state index contributed by atoms with van der Waals surface area (Å²) in [5.41, 5.74) is 0.452. The van der Waals surface area contributed by atoms with Gasteiger partial charge in [-0.05, 0) is 44.2 Å². The van der Waals surface area contributed by atoms with Gasteiger partial charge in [0.25, 0.3) is 0 Å². The van der Waals surface area contributed by atoms with E-state index in [4.69, 9.17) is 9.47 Å². The molecule has 1 aliphatic heterocycles. The van der Waals surface area contributed by atoms with Gasteiger partial charge in [0.1, 0.15) is 11.9 Å². The van der Waals surface area contributed by atoms with E-state index in [0.717, 1.165) is 57.0 Å². The molecule has 2 aromatic rings. The van der Waals surface area contributed by atoms with E-state index >= 15 is 0 Å². The Morgan fingerprint density at radius 2 is 1.81 bits per heavy atom. The van der Waals surface area contributed by atoms with Gasteiger partial charge in [0, 0.05) is 41.4 Å². The molecule has 1 unspecified atom stereocenters. The molecule has 0 bridgehead atoms. The molecule has 1 fully saturated rings. The lowest BCUT2D eigenvalue weighted by Gasteiger charge is -2.28. The summed E-state index contributed by atoms with van der Waals surface area (Å²) in [6, 6.07) is 7.06. The zero-order valence-corrected chi connectivity index (χ0v) is 16.3. The molecule has 0 N–H and O–H groups in total. The van der Waals surface area contributed by atoms with Crippen molar-refractivity contribution >= 4 is 11.3 Å². The molecule has 27 heavy (non-hydrogen) atoms. The van der Waals surface area contributed by atoms with Crippen molar-refractivity contribution < 1.29 is 22.6 Å². The smallest absolute Gasteiger partial charge is 0.416 e. The summed E-state index contributed by atoms with van der Waals surface area (Å²) >= 11 is 1.71. The lowest BCUT2D eigenvalue weighted by molar-refractivity contribution is -0.137. The van der Waals surface area contributed by atoms with Crippen LogP contribution in [0.1, 0.15) is 33.4 Å². The van der Waals surface area contributed by atoms with Crippen molar-refractivity contribution in [3.63, 3.8) is 0 Å². The Morgan fingerprint density at radius 3 is 2.37 bits per heavy atom. The highest BCUT2D eigenvalue weighted by Gasteiger charge is 2.30. The van der Waals surface area contributed by atoms with E-state index in [2.05, 4.69) is 24.8 Å². The first-order chi connectivity index (χ1) is 12.8. The Morgan fingerprint density at radius 1 is 1.15 bits per heavy atom. The number of nitrogens with zero attached hydrogens (tertiary/aromatic N) is 1. The third kappa shape index (κ3) is 5.46. The third-order valence-corrected chi connectivity index (χ3v) is 5.68. The van der Waals surface area contributed by atoms with Crippen molar-refractivity contribution in [3.05, 3.63) is 51.2 Å². The third-order valence-electron chi connectivity index (χ3n) is 4.70. The standard InChI is InChI=1S/C20H24F3NO2S/c1-14-13-18(15(2)27-14)19(7-8-24-9-11-25-12-10-24)26-17-5-3-16(4-6-17)20(21,22)23/h3-6,13,19H,7-12H2,1-2H3. The Bertz CT molecular complexity index is 737. The molecule has 148 valence electrons. The van der Waals surface area contributed by atoms with Gasteiger partial charge in [0.2, 0.25) is 0 Å². The summed E-state index contributed by atoms with van der Waals surface area (Å²) in [5, 5.41) is 0. The molecule has 0 spiro atoms. The van der Waals surface area contributed by atoms with Gasteiger partial charge < -0.3 is 9.47 Å². The van der Waals surface area contributed by atoms with E-state index in [-0.39, 0.29) is 6.10 Å². The van der Waals surface area contributed by atoms with Crippen molar-refractivity contribution in [1.29, 1.82) is 0 Å². The van der Waals surface area contributed by atoms with Crippen LogP contribution in [0.3, 0.4) is 0 Å². The summed E-state index contributed by atoms with van der Waals surface area (Å²) in [6.45, 7) is 8.25. The number of aryl methyl sites for hydroxylation is 2. The second-order valence-electron chi connectivity index (χ2n) is 6.74. The van der Waals surface area contributed by atoms with Gasteiger partial charge in [0.15, 0.2) is 0 Å². The van der Waals surface area contributed by atoms with Crippen molar-refractivity contribution in [2.45, 2.75) is 32.5 Å². The van der Waals surface area contributed by atoms with E-state index in [1.807, 2.05) is 0 Å². The number of morpholine rings is 1. The summed E-state index contributed by atoms with van der Waals surface area (Å²) in [7, 11) is 0. The predicted octanol–water partition coefficient (Wildman–Crippen LogP) is 5.23. The predicted molar refractivity (Wildman–Crippen MR) is 100 cm³/mol. The second kappa shape index (κ2) is 8.63. The maximum absolute atomic E-state index is 12.8. The minimum Gasteiger partial charge on any atom is -0.486 e. The molecule has 7 heteroatoms. The molecule has 2 heterocycles. The molecule has 0 saturated carbocycles. The van der Waals surface area contributed by atoms with Crippen LogP contribution in [0.5, 0.6) is 5.75 Å². The molecular weight excluding hydrogens is 375 g/mol. The SMILES string of the molecule is Cc1cc(C(CCN2CCOCC2)Oc2ccc(C(F)(F)F)cc2)c(C)s1. The van der Waals surface area contributed by atoms with Gasteiger partial charge in [-0.15, -0.1) is 11.3 Å². The fourth-order valence-electron chi connectivity index (χ4n) is 3.26. The molecule has 0 aliphatic carbocycles. The van der Waals surface area contributed by atoms with Gasteiger partial charge in [-0.1, -0.05) is 0 Å². The average Bonchev–Trinajstić information content (AvgIpc) is 2.97. The van der Waals surface area contributed by atoms with Crippen LogP contribution in [0.25, 0.3) is 0 Å². The van der Waals surface area contributed by atoms with Crippen molar-refractivity contribution in [2.24, 2.45) is 0 Å². The minimum absolute atomic E-state index is 0.186. The first-order valence-corrected chi connectivity index (χ1v) is 9.85. The Hall–Kier alpha value is -1.57. The molecule has 0 radical (unpaired) electrons. The summed E-state index contributed by atoms with van der Waals surface area (Å²) in [4.78, 5) is 4.72. The fraction of sp³-hybridized carbons (Fsp3) is 0.500. The molecule has 0 amide bonds. The van der Waals surface area contributed by atoms with Gasteiger partial charge in [-0.2, -0.15) is 13.2 Å². The Kier molecular flexibility index (Phi) is 6.44. The van der Waals surface area contributed by atoms with E-state index in [1.165, 1.54) is 21.9 Å². The minimum atomic E-state index is -4.34. The highest BCUT2D eigenvalue weighted by Crippen LogP contribution is 2.34. The van der Waals surface area contributed by atoms with Crippen LogP contribution in [0, 0.1) is 13.8 Å². The first-order valence-electron chi connectivity index (χ1n) is 9.04. The van der Waals surface area contributed by atoms with Crippen LogP contribution in [0.2, 0.25) is 0 Å². The van der Waals surface area contributed by atoms with Crippen LogP contribution < -0.4 is 4.74 Å². The fourth-order valence-corrected chi connectivity index (χ4v) is 4.24. The van der Waals surface area contributed by atoms with E-state index in [9.17, 15) is 13.2 Å². The molecule has 3 rings (SSSR count). The number of benzene rings is 1. The maximum Gasteiger partial charge on any atom is 0.416 e. The average molecular weight is 399 g/mol. The lowest BCUT2D eigenvalue weighted by atomic mass is 10.1. The molecule has 1 saturated heterocycles. The van der Waals surface area contributed by atoms with Gasteiger partial charge in [0.05, 0.1) is 18.8 Å². The molecule has 3 nitrogen and oxygen atoms in total. The molecular formula is C20H24F3NO2S. The van der Waals surface area contributed by atoms with Gasteiger partial charge >= 0.3 is 6.18 Å². The van der Waals surface area contributed by atoms with Crippen LogP contribution in [-0.2, 0) is 10.9 Å². The number of alkyl halides is 3. The van der Waals surface area contributed by atoms with Crippen LogP contribution in [0.15, 0.2) is 30.3 Å². The van der Waals surface area contributed by atoms with Crippen LogP contribution in [0.4, 0.5) is 13.2 Å². The molecule has 1 aliphatic rings. The number of thiophene rings is 1. The zero-order valence-electron chi connectivity index (χ0n) is 15.5. The van der Waals surface area contributed by atoms with Crippen LogP contribution >= 0.6 is 11.3 Å². The van der Waals surface area contributed by atoms with Gasteiger partial charge in [-0.25, -0.2) is 0 Å². The summed E-state index contributed by atoms with van der Waals surface area (Å²) < 4.78 is 49.8. The van der Waals surface area contributed by atoms with E-state index < -0.39 is 11.7 Å². The maximum atomic E-state index is 12.8. The number of hydrogen-bond acceptors (Lipinski definition) is 4. The summed E-state index contributed by atoms with van der Waals surface area (Å²) in [5.74, 6) is 0.457. The van der Waals surface area contributed by atoms with Crippen molar-refractivity contribution in [3.8, 4) is 5.75 Å². The Labute approximate surface area is 161 Å². The topological polar surface area (TPSA) is 21.7 Å². The lowest BCUT2D eigenvalue weighted by Crippen LogP contribution is -2.37. The number of halogens is 3. The zero-order chi connectivity index (χ0) is 19.4. The van der Waals surface area contributed by atoms with Crippen molar-refractivity contribution in [2.75, 3.05) is 32.8 Å². The Balaban J connectivity index is 1.73. The largest absolute Gasteiger partial charge is 0.486 e. The normalized spacial score (nSPS) is 17.1. The van der Waals surface area contributed by atoms with Crippen molar-refractivity contribution in [1.82, 2.24) is 4.90 Å². The number of hydrogen-bond donors (Lipinski definition) is 0. The highest BCUT2D eigenvalue weighted by atomic mass is 32.1. The van der Waals surface area contributed by atoms with Gasteiger partial charge in [-0.3, -0.25) is 4.90 Å². The monoisotopic (exact) mass is 399 g/mol. The molecule has 1 aromatic carbocycles. The quantitative estimate of drug-likeness (QED) is 0.664.